The highest BCUT2D eigenvalue weighted by Crippen LogP contribution is 2.21. The van der Waals surface area contributed by atoms with E-state index in [0.717, 1.165) is 19.6 Å². The third-order valence-corrected chi connectivity index (χ3v) is 4.94. The third-order valence-electron chi connectivity index (χ3n) is 3.85. The molecule has 19 heavy (non-hydrogen) atoms. The number of aromatic nitrogens is 1. The van der Waals surface area contributed by atoms with Gasteiger partial charge in [0.15, 0.2) is 0 Å². The van der Waals surface area contributed by atoms with Gasteiger partial charge in [-0.3, -0.25) is 0 Å². The van der Waals surface area contributed by atoms with Crippen molar-refractivity contribution >= 4 is 11.3 Å². The first-order chi connectivity index (χ1) is 9.19. The van der Waals surface area contributed by atoms with Crippen LogP contribution >= 0.6 is 11.3 Å². The molecular weight excluding hydrogens is 256 g/mol. The van der Waals surface area contributed by atoms with Crippen LogP contribution in [0.1, 0.15) is 48.2 Å². The number of hydrogen-bond donors (Lipinski definition) is 1. The zero-order chi connectivity index (χ0) is 13.7. The molecule has 4 heteroatoms. The number of nitrogens with one attached hydrogen (secondary N) is 1. The van der Waals surface area contributed by atoms with Crippen LogP contribution in [0, 0.1) is 13.8 Å². The van der Waals surface area contributed by atoms with Crippen molar-refractivity contribution in [3.05, 3.63) is 15.6 Å². The van der Waals surface area contributed by atoms with Gasteiger partial charge in [-0.2, -0.15) is 0 Å². The summed E-state index contributed by atoms with van der Waals surface area (Å²) >= 11 is 1.84. The topological polar surface area (TPSA) is 34.1 Å². The van der Waals surface area contributed by atoms with Crippen molar-refractivity contribution in [3.63, 3.8) is 0 Å². The number of rotatable bonds is 7. The van der Waals surface area contributed by atoms with Crippen LogP contribution in [0.4, 0.5) is 0 Å². The van der Waals surface area contributed by atoms with Gasteiger partial charge in [-0.25, -0.2) is 4.98 Å². The summed E-state index contributed by atoms with van der Waals surface area (Å²) in [5, 5.41) is 4.87. The fourth-order valence-electron chi connectivity index (χ4n) is 2.66. The minimum Gasteiger partial charge on any atom is -0.378 e. The highest BCUT2D eigenvalue weighted by molar-refractivity contribution is 7.11. The minimum absolute atomic E-state index is 0.501. The van der Waals surface area contributed by atoms with Gasteiger partial charge in [0.2, 0.25) is 0 Å². The molecule has 0 radical (unpaired) electrons. The van der Waals surface area contributed by atoms with Crippen molar-refractivity contribution in [2.45, 2.75) is 65.0 Å². The minimum atomic E-state index is 0.501. The van der Waals surface area contributed by atoms with Crippen LogP contribution in [-0.2, 0) is 11.2 Å². The fraction of sp³-hybridized carbons (Fsp3) is 0.800. The summed E-state index contributed by atoms with van der Waals surface area (Å²) in [5.74, 6) is 0. The van der Waals surface area contributed by atoms with E-state index in [0.29, 0.717) is 12.1 Å². The summed E-state index contributed by atoms with van der Waals surface area (Å²) in [6.45, 7) is 8.42. The maximum atomic E-state index is 5.71. The Morgan fingerprint density at radius 3 is 2.89 bits per heavy atom. The lowest BCUT2D eigenvalue weighted by Crippen LogP contribution is -2.31. The quantitative estimate of drug-likeness (QED) is 0.833. The van der Waals surface area contributed by atoms with Gasteiger partial charge < -0.3 is 10.1 Å². The molecule has 2 heterocycles. The van der Waals surface area contributed by atoms with Gasteiger partial charge in [0.05, 0.1) is 16.8 Å². The van der Waals surface area contributed by atoms with Gasteiger partial charge >= 0.3 is 0 Å². The van der Waals surface area contributed by atoms with Crippen LogP contribution in [0.15, 0.2) is 0 Å². The van der Waals surface area contributed by atoms with Crippen LogP contribution in [0.2, 0.25) is 0 Å². The maximum Gasteiger partial charge on any atom is 0.0946 e. The first-order valence-corrected chi connectivity index (χ1v) is 8.28. The molecule has 108 valence electrons. The molecule has 1 aliphatic rings. The van der Waals surface area contributed by atoms with E-state index in [1.807, 2.05) is 11.3 Å². The normalized spacial score (nSPS) is 20.9. The number of thiazole rings is 1. The molecule has 1 N–H and O–H groups in total. The van der Waals surface area contributed by atoms with Gasteiger partial charge in [0.25, 0.3) is 0 Å². The number of aryl methyl sites for hydroxylation is 2. The molecule has 2 unspecified atom stereocenters. The summed E-state index contributed by atoms with van der Waals surface area (Å²) in [7, 11) is 0. The Labute approximate surface area is 120 Å². The van der Waals surface area contributed by atoms with Gasteiger partial charge in [-0.15, -0.1) is 11.3 Å². The summed E-state index contributed by atoms with van der Waals surface area (Å²) in [6.07, 6.45) is 6.41. The molecule has 3 nitrogen and oxygen atoms in total. The van der Waals surface area contributed by atoms with E-state index in [9.17, 15) is 0 Å². The lowest BCUT2D eigenvalue weighted by atomic mass is 10.0. The zero-order valence-corrected chi connectivity index (χ0v) is 13.2. The van der Waals surface area contributed by atoms with E-state index in [1.165, 1.54) is 41.3 Å². The van der Waals surface area contributed by atoms with Crippen LogP contribution in [0.5, 0.6) is 0 Å². The molecule has 1 saturated heterocycles. The van der Waals surface area contributed by atoms with Crippen LogP contribution < -0.4 is 5.32 Å². The summed E-state index contributed by atoms with van der Waals surface area (Å²) in [4.78, 5) is 6.01. The Balaban J connectivity index is 1.84. The van der Waals surface area contributed by atoms with E-state index in [1.54, 1.807) is 0 Å². The molecule has 2 atom stereocenters. The highest BCUT2D eigenvalue weighted by atomic mass is 32.1. The summed E-state index contributed by atoms with van der Waals surface area (Å²) in [5.41, 5.74) is 1.19. The zero-order valence-electron chi connectivity index (χ0n) is 12.4. The van der Waals surface area contributed by atoms with Gasteiger partial charge in [0, 0.05) is 23.9 Å². The molecule has 0 spiro atoms. The first kappa shape index (κ1) is 14.9. The average Bonchev–Trinajstić information content (AvgIpc) is 2.98. The first-order valence-electron chi connectivity index (χ1n) is 7.47. The van der Waals surface area contributed by atoms with Crippen LogP contribution in [0.3, 0.4) is 0 Å². The molecule has 0 amide bonds. The van der Waals surface area contributed by atoms with E-state index >= 15 is 0 Å². The number of likely N-dealkylation sites (N-methyl/N-ethyl adjacent to an activating group) is 1. The van der Waals surface area contributed by atoms with E-state index in [-0.39, 0.29) is 0 Å². The fourth-order valence-corrected chi connectivity index (χ4v) is 3.68. The van der Waals surface area contributed by atoms with Crippen molar-refractivity contribution < 1.29 is 4.74 Å². The lowest BCUT2D eigenvalue weighted by Gasteiger charge is -2.18. The lowest BCUT2D eigenvalue weighted by molar-refractivity contribution is 0.0996. The molecule has 1 aromatic rings. The van der Waals surface area contributed by atoms with Crippen LogP contribution in [-0.4, -0.2) is 30.3 Å². The van der Waals surface area contributed by atoms with Crippen molar-refractivity contribution in [2.24, 2.45) is 0 Å². The smallest absolute Gasteiger partial charge is 0.0946 e. The highest BCUT2D eigenvalue weighted by Gasteiger charge is 2.18. The Hall–Kier alpha value is -0.450. The predicted octanol–water partition coefficient (Wildman–Crippen LogP) is 3.24. The summed E-state index contributed by atoms with van der Waals surface area (Å²) < 4.78 is 5.71. The van der Waals surface area contributed by atoms with E-state index in [2.05, 4.69) is 31.1 Å². The Morgan fingerprint density at radius 1 is 1.47 bits per heavy atom. The largest absolute Gasteiger partial charge is 0.378 e. The number of ether oxygens (including phenoxy) is 1. The molecule has 2 rings (SSSR count). The molecule has 0 aromatic carbocycles. The number of hydrogen-bond acceptors (Lipinski definition) is 4. The number of nitrogens with zero attached hydrogens (tertiary/aromatic N) is 1. The van der Waals surface area contributed by atoms with Crippen molar-refractivity contribution in [1.29, 1.82) is 0 Å². The molecule has 1 aliphatic heterocycles. The van der Waals surface area contributed by atoms with Gasteiger partial charge in [-0.1, -0.05) is 6.92 Å². The molecular formula is C15H26N2OS. The SMILES string of the molecule is CCNC(CCC1CCCO1)Cc1nc(C)c(C)s1. The molecule has 0 bridgehead atoms. The maximum absolute atomic E-state index is 5.71. The second kappa shape index (κ2) is 7.36. The molecule has 1 fully saturated rings. The van der Waals surface area contributed by atoms with E-state index < -0.39 is 0 Å². The van der Waals surface area contributed by atoms with Crippen molar-refractivity contribution in [3.8, 4) is 0 Å². The monoisotopic (exact) mass is 282 g/mol. The molecule has 0 aliphatic carbocycles. The molecule has 0 saturated carbocycles. The predicted molar refractivity (Wildman–Crippen MR) is 81.0 cm³/mol. The van der Waals surface area contributed by atoms with Crippen molar-refractivity contribution in [2.75, 3.05) is 13.2 Å². The average molecular weight is 282 g/mol. The van der Waals surface area contributed by atoms with Crippen molar-refractivity contribution in [1.82, 2.24) is 10.3 Å². The Bertz CT molecular complexity index is 366. The van der Waals surface area contributed by atoms with Gasteiger partial charge in [0.1, 0.15) is 0 Å². The second-order valence-corrected chi connectivity index (χ2v) is 6.71. The summed E-state index contributed by atoms with van der Waals surface area (Å²) in [6, 6.07) is 0.541. The van der Waals surface area contributed by atoms with Crippen LogP contribution in [0.25, 0.3) is 0 Å². The standard InChI is InChI=1S/C15H26N2OS/c1-4-16-13(7-8-14-6-5-9-18-14)10-15-17-11(2)12(3)19-15/h13-14,16H,4-10H2,1-3H3. The molecule has 1 aromatic heterocycles. The Kier molecular flexibility index (Phi) is 5.79. The third kappa shape index (κ3) is 4.55. The second-order valence-electron chi connectivity index (χ2n) is 5.42. The van der Waals surface area contributed by atoms with E-state index in [4.69, 9.17) is 4.74 Å². The van der Waals surface area contributed by atoms with Gasteiger partial charge in [-0.05, 0) is 46.1 Å². The Morgan fingerprint density at radius 2 is 2.32 bits per heavy atom.